The fourth-order valence-electron chi connectivity index (χ4n) is 3.51. The van der Waals surface area contributed by atoms with Crippen LogP contribution in [0.15, 0.2) is 46.3 Å². The van der Waals surface area contributed by atoms with Crippen molar-refractivity contribution in [1.29, 1.82) is 0 Å². The maximum Gasteiger partial charge on any atom is 0.316 e. The minimum atomic E-state index is -0.628. The first-order valence-corrected chi connectivity index (χ1v) is 11.0. The van der Waals surface area contributed by atoms with E-state index in [0.29, 0.717) is 36.1 Å². The van der Waals surface area contributed by atoms with Gasteiger partial charge in [0.05, 0.1) is 4.88 Å². The van der Waals surface area contributed by atoms with E-state index < -0.39 is 6.03 Å². The molecule has 1 aliphatic rings. The monoisotopic (exact) mass is 440 g/mol. The number of primary amides is 1. The van der Waals surface area contributed by atoms with Crippen LogP contribution < -0.4 is 11.1 Å². The highest BCUT2D eigenvalue weighted by Crippen LogP contribution is 2.21. The van der Waals surface area contributed by atoms with E-state index in [-0.39, 0.29) is 5.91 Å². The van der Waals surface area contributed by atoms with Gasteiger partial charge in [-0.25, -0.2) is 4.79 Å². The molecule has 3 N–H and O–H groups in total. The molecule has 1 aromatic carbocycles. The molecule has 0 unspecified atom stereocenters. The summed E-state index contributed by atoms with van der Waals surface area (Å²) in [4.78, 5) is 33.3. The SMILES string of the molecule is NC(=O)Nc1ccc(C(=O)N2CCN(CCCc3nc(-c4cccs4)no3)CC2)cc1. The molecule has 3 aromatic rings. The van der Waals surface area contributed by atoms with Crippen molar-refractivity contribution in [2.75, 3.05) is 38.0 Å². The molecule has 0 atom stereocenters. The standard InChI is InChI=1S/C21H24N6O3S/c22-21(29)23-16-7-5-15(6-8-16)20(28)27-12-10-26(11-13-27)9-1-4-18-24-19(25-30-18)17-3-2-14-31-17/h2-3,5-8,14H,1,4,9-13H2,(H3,22,23,29). The number of urea groups is 1. The molecule has 0 saturated carbocycles. The Morgan fingerprint density at radius 3 is 2.58 bits per heavy atom. The molecule has 2 aromatic heterocycles. The van der Waals surface area contributed by atoms with Crippen LogP contribution in [0.3, 0.4) is 0 Å². The van der Waals surface area contributed by atoms with Crippen LogP contribution in [0.4, 0.5) is 10.5 Å². The summed E-state index contributed by atoms with van der Waals surface area (Å²) in [6.07, 6.45) is 1.66. The Bertz CT molecular complexity index is 1010. The summed E-state index contributed by atoms with van der Waals surface area (Å²) < 4.78 is 5.35. The first-order chi connectivity index (χ1) is 15.1. The maximum atomic E-state index is 12.7. The number of aromatic nitrogens is 2. The van der Waals surface area contributed by atoms with Gasteiger partial charge in [-0.05, 0) is 48.7 Å². The maximum absolute atomic E-state index is 12.7. The van der Waals surface area contributed by atoms with Gasteiger partial charge in [-0.2, -0.15) is 4.98 Å². The average Bonchev–Trinajstić information content (AvgIpc) is 3.46. The second kappa shape index (κ2) is 9.71. The predicted octanol–water partition coefficient (Wildman–Crippen LogP) is 2.68. The third-order valence-corrected chi connectivity index (χ3v) is 6.00. The van der Waals surface area contributed by atoms with E-state index in [1.807, 2.05) is 22.4 Å². The van der Waals surface area contributed by atoms with Crippen molar-refractivity contribution in [1.82, 2.24) is 19.9 Å². The number of nitrogens with two attached hydrogens (primary N) is 1. The smallest absolute Gasteiger partial charge is 0.316 e. The van der Waals surface area contributed by atoms with Crippen LogP contribution in [0.25, 0.3) is 10.7 Å². The van der Waals surface area contributed by atoms with Crippen LogP contribution in [-0.4, -0.2) is 64.6 Å². The molecule has 1 saturated heterocycles. The van der Waals surface area contributed by atoms with Crippen molar-refractivity contribution < 1.29 is 14.1 Å². The first-order valence-electron chi connectivity index (χ1n) is 10.1. The zero-order valence-corrected chi connectivity index (χ0v) is 17.8. The van der Waals surface area contributed by atoms with Crippen LogP contribution in [0.1, 0.15) is 22.7 Å². The summed E-state index contributed by atoms with van der Waals surface area (Å²) in [7, 11) is 0. The van der Waals surface area contributed by atoms with Crippen LogP contribution in [-0.2, 0) is 6.42 Å². The van der Waals surface area contributed by atoms with Crippen molar-refractivity contribution in [3.05, 3.63) is 53.2 Å². The number of aryl methyl sites for hydroxylation is 1. The third kappa shape index (κ3) is 5.47. The number of nitrogens with one attached hydrogen (secondary N) is 1. The molecule has 4 rings (SSSR count). The largest absolute Gasteiger partial charge is 0.351 e. The van der Waals surface area contributed by atoms with Gasteiger partial charge in [0.2, 0.25) is 11.7 Å². The number of nitrogens with zero attached hydrogens (tertiary/aromatic N) is 4. The number of anilines is 1. The van der Waals surface area contributed by atoms with Gasteiger partial charge < -0.3 is 20.5 Å². The predicted molar refractivity (Wildman–Crippen MR) is 118 cm³/mol. The molecule has 0 radical (unpaired) electrons. The fraction of sp³-hybridized carbons (Fsp3) is 0.333. The summed E-state index contributed by atoms with van der Waals surface area (Å²) in [5.41, 5.74) is 6.27. The van der Waals surface area contributed by atoms with Crippen molar-refractivity contribution in [2.24, 2.45) is 5.73 Å². The highest BCUT2D eigenvalue weighted by Gasteiger charge is 2.22. The minimum Gasteiger partial charge on any atom is -0.351 e. The lowest BCUT2D eigenvalue weighted by atomic mass is 10.1. The van der Waals surface area contributed by atoms with Gasteiger partial charge >= 0.3 is 6.03 Å². The lowest BCUT2D eigenvalue weighted by Crippen LogP contribution is -2.48. The van der Waals surface area contributed by atoms with Crippen molar-refractivity contribution in [3.63, 3.8) is 0 Å². The minimum absolute atomic E-state index is 0.00255. The van der Waals surface area contributed by atoms with Crippen molar-refractivity contribution in [3.8, 4) is 10.7 Å². The Hall–Kier alpha value is -3.24. The van der Waals surface area contributed by atoms with Crippen molar-refractivity contribution >= 4 is 29.0 Å². The van der Waals surface area contributed by atoms with Gasteiger partial charge in [-0.1, -0.05) is 11.2 Å². The van der Waals surface area contributed by atoms with E-state index in [2.05, 4.69) is 20.4 Å². The zero-order valence-electron chi connectivity index (χ0n) is 17.0. The highest BCUT2D eigenvalue weighted by atomic mass is 32.1. The molecule has 3 amide bonds. The van der Waals surface area contributed by atoms with E-state index in [0.717, 1.165) is 37.4 Å². The van der Waals surface area contributed by atoms with E-state index in [1.54, 1.807) is 35.6 Å². The van der Waals surface area contributed by atoms with E-state index in [9.17, 15) is 9.59 Å². The van der Waals surface area contributed by atoms with Crippen LogP contribution in [0.5, 0.6) is 0 Å². The average molecular weight is 441 g/mol. The van der Waals surface area contributed by atoms with Gasteiger partial charge in [0, 0.05) is 43.9 Å². The summed E-state index contributed by atoms with van der Waals surface area (Å²) in [6.45, 7) is 3.95. The number of carbonyl (C=O) groups is 2. The van der Waals surface area contributed by atoms with E-state index in [1.165, 1.54) is 0 Å². The number of rotatable bonds is 7. The van der Waals surface area contributed by atoms with Gasteiger partial charge in [0.15, 0.2) is 0 Å². The van der Waals surface area contributed by atoms with Gasteiger partial charge in [0.1, 0.15) is 0 Å². The normalized spacial score (nSPS) is 14.5. The summed E-state index contributed by atoms with van der Waals surface area (Å²) in [6, 6.07) is 10.1. The number of benzene rings is 1. The summed E-state index contributed by atoms with van der Waals surface area (Å²) in [5, 5.41) is 8.52. The number of piperazine rings is 1. The second-order valence-corrected chi connectivity index (χ2v) is 8.24. The van der Waals surface area contributed by atoms with Gasteiger partial charge in [-0.15, -0.1) is 11.3 Å². The lowest BCUT2D eigenvalue weighted by molar-refractivity contribution is 0.0635. The Morgan fingerprint density at radius 2 is 1.90 bits per heavy atom. The molecule has 0 aliphatic carbocycles. The van der Waals surface area contributed by atoms with Crippen LogP contribution >= 0.6 is 11.3 Å². The van der Waals surface area contributed by atoms with Gasteiger partial charge in [0.25, 0.3) is 5.91 Å². The second-order valence-electron chi connectivity index (χ2n) is 7.29. The first kappa shape index (κ1) is 21.0. The van der Waals surface area contributed by atoms with E-state index >= 15 is 0 Å². The summed E-state index contributed by atoms with van der Waals surface area (Å²) >= 11 is 1.59. The molecule has 3 heterocycles. The Labute approximate surface area is 183 Å². The van der Waals surface area contributed by atoms with Crippen molar-refractivity contribution in [2.45, 2.75) is 12.8 Å². The molecule has 1 fully saturated rings. The number of thiophene rings is 1. The van der Waals surface area contributed by atoms with E-state index in [4.69, 9.17) is 10.3 Å². The Balaban J connectivity index is 1.20. The molecular weight excluding hydrogens is 416 g/mol. The molecule has 31 heavy (non-hydrogen) atoms. The molecule has 0 spiro atoms. The number of carbonyl (C=O) groups excluding carboxylic acids is 2. The summed E-state index contributed by atoms with van der Waals surface area (Å²) in [5.74, 6) is 1.30. The molecule has 9 nitrogen and oxygen atoms in total. The number of amides is 3. The third-order valence-electron chi connectivity index (χ3n) is 5.13. The topological polar surface area (TPSA) is 118 Å². The Kier molecular flexibility index (Phi) is 6.58. The molecular formula is C21H24N6O3S. The molecule has 10 heteroatoms. The molecule has 1 aliphatic heterocycles. The quantitative estimate of drug-likeness (QED) is 0.583. The fourth-order valence-corrected chi connectivity index (χ4v) is 4.16. The lowest BCUT2D eigenvalue weighted by Gasteiger charge is -2.34. The highest BCUT2D eigenvalue weighted by molar-refractivity contribution is 7.13. The zero-order chi connectivity index (χ0) is 21.6. The van der Waals surface area contributed by atoms with Crippen LogP contribution in [0, 0.1) is 0 Å². The molecule has 0 bridgehead atoms. The van der Waals surface area contributed by atoms with Crippen LogP contribution in [0.2, 0.25) is 0 Å². The number of hydrogen-bond acceptors (Lipinski definition) is 7. The Morgan fingerprint density at radius 1 is 1.13 bits per heavy atom. The molecule has 162 valence electrons. The van der Waals surface area contributed by atoms with Gasteiger partial charge in [-0.3, -0.25) is 9.69 Å². The number of hydrogen-bond donors (Lipinski definition) is 2.